The zero-order chi connectivity index (χ0) is 17.0. The van der Waals surface area contributed by atoms with Crippen molar-refractivity contribution < 1.29 is 0 Å². The van der Waals surface area contributed by atoms with Gasteiger partial charge in [-0.25, -0.2) is 0 Å². The molecule has 0 fully saturated rings. The normalized spacial score (nSPS) is 11.7. The van der Waals surface area contributed by atoms with Gasteiger partial charge in [-0.1, -0.05) is 106 Å². The summed E-state index contributed by atoms with van der Waals surface area (Å²) in [5.74, 6) is 0.551. The second-order valence-electron chi connectivity index (χ2n) is 6.55. The number of hydrogen-bond acceptors (Lipinski definition) is 0. The van der Waals surface area contributed by atoms with Gasteiger partial charge in [0.15, 0.2) is 0 Å². The molecule has 0 aromatic heterocycles. The van der Waals surface area contributed by atoms with Crippen LogP contribution in [0.25, 0.3) is 0 Å². The van der Waals surface area contributed by atoms with Crippen LogP contribution in [0.4, 0.5) is 0 Å². The maximum Gasteiger partial charge on any atom is -0.0194 e. The van der Waals surface area contributed by atoms with Gasteiger partial charge in [-0.3, -0.25) is 0 Å². The predicted molar refractivity (Wildman–Crippen MR) is 110 cm³/mol. The van der Waals surface area contributed by atoms with E-state index in [1.165, 1.54) is 21.5 Å². The second kappa shape index (κ2) is 7.32. The Morgan fingerprint density at radius 1 is 0.667 bits per heavy atom. The van der Waals surface area contributed by atoms with Crippen LogP contribution in [-0.2, 0) is 0 Å². The lowest BCUT2D eigenvalue weighted by atomic mass is 10.0. The van der Waals surface area contributed by atoms with Gasteiger partial charge in [0.2, 0.25) is 0 Å². The summed E-state index contributed by atoms with van der Waals surface area (Å²) in [5, 5.41) is 4.44. The van der Waals surface area contributed by atoms with Gasteiger partial charge in [-0.2, -0.15) is 0 Å². The van der Waals surface area contributed by atoms with Crippen LogP contribution in [-0.4, -0.2) is 6.16 Å². The fourth-order valence-corrected chi connectivity index (χ4v) is 7.54. The summed E-state index contributed by atoms with van der Waals surface area (Å²) in [7, 11) is -1.60. The SMILES string of the molecule is CC[P](c1ccccc1)(c1ccccc1)c1cccc(C(C)C)c1. The third-order valence-electron chi connectivity index (χ3n) is 4.85. The first kappa shape index (κ1) is 16.9. The fraction of sp³-hybridized carbons (Fsp3) is 0.217. The van der Waals surface area contributed by atoms with Gasteiger partial charge in [0.05, 0.1) is 0 Å². The van der Waals surface area contributed by atoms with Crippen LogP contribution >= 0.6 is 7.26 Å². The second-order valence-corrected chi connectivity index (χ2v) is 10.3. The Hall–Kier alpha value is -1.91. The highest BCUT2D eigenvalue weighted by molar-refractivity contribution is 7.95. The van der Waals surface area contributed by atoms with Crippen molar-refractivity contribution in [1.29, 1.82) is 0 Å². The average molecular weight is 333 g/mol. The van der Waals surface area contributed by atoms with Gasteiger partial charge in [-0.05, 0) is 40.8 Å². The first-order valence-corrected chi connectivity index (χ1v) is 10.8. The van der Waals surface area contributed by atoms with Crippen LogP contribution < -0.4 is 15.9 Å². The van der Waals surface area contributed by atoms with E-state index in [1.807, 2.05) is 0 Å². The van der Waals surface area contributed by atoms with Crippen molar-refractivity contribution in [2.24, 2.45) is 0 Å². The predicted octanol–water partition coefficient (Wildman–Crippen LogP) is 5.12. The van der Waals surface area contributed by atoms with E-state index in [4.69, 9.17) is 0 Å². The molecule has 0 N–H and O–H groups in total. The topological polar surface area (TPSA) is 0 Å². The van der Waals surface area contributed by atoms with Gasteiger partial charge < -0.3 is 0 Å². The summed E-state index contributed by atoms with van der Waals surface area (Å²) in [5.41, 5.74) is 1.43. The molecule has 0 nitrogen and oxygen atoms in total. The Balaban J connectivity index is 2.28. The molecule has 0 unspecified atom stereocenters. The largest absolute Gasteiger partial charge is 0.0622 e. The van der Waals surface area contributed by atoms with Crippen molar-refractivity contribution in [3.63, 3.8) is 0 Å². The molecule has 1 radical (unpaired) electrons. The third-order valence-corrected chi connectivity index (χ3v) is 9.31. The van der Waals surface area contributed by atoms with E-state index in [2.05, 4.69) is 106 Å². The highest BCUT2D eigenvalue weighted by Crippen LogP contribution is 2.55. The fourth-order valence-electron chi connectivity index (χ4n) is 3.48. The first-order chi connectivity index (χ1) is 11.7. The van der Waals surface area contributed by atoms with Crippen molar-refractivity contribution >= 4 is 23.2 Å². The number of rotatable bonds is 5. The van der Waals surface area contributed by atoms with E-state index in [0.29, 0.717) is 5.92 Å². The molecule has 0 saturated carbocycles. The molecule has 1 heteroatoms. The van der Waals surface area contributed by atoms with Crippen molar-refractivity contribution in [2.45, 2.75) is 26.7 Å². The lowest BCUT2D eigenvalue weighted by Gasteiger charge is -2.38. The molecule has 3 rings (SSSR count). The number of benzene rings is 3. The van der Waals surface area contributed by atoms with Gasteiger partial charge in [-0.15, -0.1) is 0 Å². The molecular formula is C23H26P. The Morgan fingerprint density at radius 2 is 1.17 bits per heavy atom. The van der Waals surface area contributed by atoms with Crippen LogP contribution in [0.15, 0.2) is 84.9 Å². The van der Waals surface area contributed by atoms with E-state index < -0.39 is 7.26 Å². The molecule has 0 aliphatic rings. The number of hydrogen-bond donors (Lipinski definition) is 0. The Labute approximate surface area is 146 Å². The van der Waals surface area contributed by atoms with Crippen molar-refractivity contribution in [3.8, 4) is 0 Å². The van der Waals surface area contributed by atoms with Crippen molar-refractivity contribution in [1.82, 2.24) is 0 Å². The van der Waals surface area contributed by atoms with E-state index in [1.54, 1.807) is 0 Å². The minimum atomic E-state index is -1.60. The molecule has 0 saturated heterocycles. The maximum absolute atomic E-state index is 2.45. The summed E-state index contributed by atoms with van der Waals surface area (Å²) in [4.78, 5) is 0. The van der Waals surface area contributed by atoms with Crippen LogP contribution in [0.1, 0.15) is 32.3 Å². The quantitative estimate of drug-likeness (QED) is 0.568. The molecular weight excluding hydrogens is 307 g/mol. The van der Waals surface area contributed by atoms with Crippen LogP contribution in [0, 0.1) is 0 Å². The average Bonchev–Trinajstić information content (AvgIpc) is 2.65. The summed E-state index contributed by atoms with van der Waals surface area (Å²) < 4.78 is 0. The van der Waals surface area contributed by atoms with Crippen LogP contribution in [0.3, 0.4) is 0 Å². The van der Waals surface area contributed by atoms with E-state index >= 15 is 0 Å². The molecule has 0 aliphatic heterocycles. The third kappa shape index (κ3) is 3.04. The Kier molecular flexibility index (Phi) is 5.17. The summed E-state index contributed by atoms with van der Waals surface area (Å²) in [6, 6.07) is 31.5. The van der Waals surface area contributed by atoms with Crippen molar-refractivity contribution in [3.05, 3.63) is 90.5 Å². The molecule has 0 aliphatic carbocycles. The smallest absolute Gasteiger partial charge is 0.0194 e. The maximum atomic E-state index is 2.45. The zero-order valence-corrected chi connectivity index (χ0v) is 15.7. The molecule has 0 heterocycles. The van der Waals surface area contributed by atoms with E-state index in [0.717, 1.165) is 6.16 Å². The van der Waals surface area contributed by atoms with Gasteiger partial charge in [0.25, 0.3) is 0 Å². The highest BCUT2D eigenvalue weighted by atomic mass is 31.2. The monoisotopic (exact) mass is 333 g/mol. The Morgan fingerprint density at radius 3 is 1.62 bits per heavy atom. The molecule has 0 amide bonds. The van der Waals surface area contributed by atoms with Gasteiger partial charge >= 0.3 is 0 Å². The molecule has 3 aromatic rings. The molecule has 24 heavy (non-hydrogen) atoms. The van der Waals surface area contributed by atoms with Gasteiger partial charge in [0.1, 0.15) is 0 Å². The van der Waals surface area contributed by atoms with E-state index in [-0.39, 0.29) is 0 Å². The lowest BCUT2D eigenvalue weighted by Crippen LogP contribution is -2.32. The zero-order valence-electron chi connectivity index (χ0n) is 14.8. The first-order valence-electron chi connectivity index (χ1n) is 8.78. The van der Waals surface area contributed by atoms with Crippen LogP contribution in [0.2, 0.25) is 0 Å². The minimum Gasteiger partial charge on any atom is -0.0622 e. The highest BCUT2D eigenvalue weighted by Gasteiger charge is 2.32. The van der Waals surface area contributed by atoms with E-state index in [9.17, 15) is 0 Å². The molecule has 0 atom stereocenters. The minimum absolute atomic E-state index is 0.551. The molecule has 123 valence electrons. The summed E-state index contributed by atoms with van der Waals surface area (Å²) >= 11 is 0. The van der Waals surface area contributed by atoms with Crippen molar-refractivity contribution in [2.75, 3.05) is 6.16 Å². The standard InChI is InChI=1S/C23H26P/c1-4-24(21-13-7-5-8-14-21,22-15-9-6-10-16-22)23-17-11-12-20(18-23)19(2)3/h5-19H,4H2,1-3H3. The summed E-state index contributed by atoms with van der Waals surface area (Å²) in [6.07, 6.45) is 1.14. The molecule has 3 aromatic carbocycles. The van der Waals surface area contributed by atoms with Gasteiger partial charge in [0, 0.05) is 0 Å². The summed E-state index contributed by atoms with van der Waals surface area (Å²) in [6.45, 7) is 6.89. The molecule has 0 spiro atoms. The van der Waals surface area contributed by atoms with Crippen LogP contribution in [0.5, 0.6) is 0 Å². The lowest BCUT2D eigenvalue weighted by molar-refractivity contribution is 0.868. The molecule has 0 bridgehead atoms. The Bertz CT molecular complexity index is 736.